The second-order valence-corrected chi connectivity index (χ2v) is 8.57. The Morgan fingerprint density at radius 3 is 2.81 bits per heavy atom. The Balaban J connectivity index is 1.35. The van der Waals surface area contributed by atoms with Gasteiger partial charge in [-0.15, -0.1) is 5.10 Å². The van der Waals surface area contributed by atoms with Gasteiger partial charge in [0.05, 0.1) is 31.2 Å². The molecule has 2 atom stereocenters. The number of rotatable bonds is 6. The molecular formula is C24H28N4O3. The third-order valence-corrected chi connectivity index (χ3v) is 6.53. The van der Waals surface area contributed by atoms with Crippen LogP contribution in [0.5, 0.6) is 11.5 Å². The predicted molar refractivity (Wildman–Crippen MR) is 117 cm³/mol. The van der Waals surface area contributed by atoms with Crippen LogP contribution < -0.4 is 14.8 Å². The Morgan fingerprint density at radius 2 is 1.97 bits per heavy atom. The average molecular weight is 421 g/mol. The number of fused-ring (bicyclic) bond motifs is 1. The molecule has 2 aromatic carbocycles. The highest BCUT2D eigenvalue weighted by atomic mass is 16.5. The van der Waals surface area contributed by atoms with Crippen molar-refractivity contribution in [3.05, 3.63) is 48.0 Å². The van der Waals surface area contributed by atoms with Gasteiger partial charge >= 0.3 is 0 Å². The minimum absolute atomic E-state index is 0.0757. The number of ether oxygens (including phenoxy) is 2. The second-order valence-electron chi connectivity index (χ2n) is 8.57. The summed E-state index contributed by atoms with van der Waals surface area (Å²) in [5, 5.41) is 11.6. The lowest BCUT2D eigenvalue weighted by atomic mass is 9.85. The van der Waals surface area contributed by atoms with Crippen LogP contribution >= 0.6 is 0 Å². The van der Waals surface area contributed by atoms with Crippen molar-refractivity contribution < 1.29 is 14.3 Å². The molecular weight excluding hydrogens is 392 g/mol. The third kappa shape index (κ3) is 4.09. The van der Waals surface area contributed by atoms with Gasteiger partial charge < -0.3 is 14.8 Å². The van der Waals surface area contributed by atoms with Crippen LogP contribution in [0.2, 0.25) is 0 Å². The summed E-state index contributed by atoms with van der Waals surface area (Å²) in [7, 11) is 1.68. The van der Waals surface area contributed by atoms with E-state index < -0.39 is 0 Å². The van der Waals surface area contributed by atoms with Crippen molar-refractivity contribution >= 4 is 16.9 Å². The largest absolute Gasteiger partial charge is 0.493 e. The van der Waals surface area contributed by atoms with Gasteiger partial charge in [0.25, 0.3) is 0 Å². The topological polar surface area (TPSA) is 78.3 Å². The summed E-state index contributed by atoms with van der Waals surface area (Å²) in [6.45, 7) is 1.15. The molecule has 0 bridgehead atoms. The molecule has 3 aromatic rings. The fourth-order valence-electron chi connectivity index (χ4n) is 4.80. The van der Waals surface area contributed by atoms with Gasteiger partial charge in [-0.05, 0) is 61.9 Å². The maximum atomic E-state index is 12.6. The van der Waals surface area contributed by atoms with Crippen molar-refractivity contribution in [3.8, 4) is 11.5 Å². The maximum Gasteiger partial charge on any atom is 0.225 e. The van der Waals surface area contributed by atoms with Crippen LogP contribution in [-0.4, -0.2) is 40.7 Å². The van der Waals surface area contributed by atoms with E-state index in [4.69, 9.17) is 9.47 Å². The molecule has 2 aliphatic rings. The first-order valence-electron chi connectivity index (χ1n) is 11.1. The first-order chi connectivity index (χ1) is 15.2. The SMILES string of the molecule is COc1ccc([C@H]2CNC(=O)[C@@H](Cn3nnc4ccccc43)C2)cc1OC1CCCC1. The molecule has 0 spiro atoms. The summed E-state index contributed by atoms with van der Waals surface area (Å²) in [4.78, 5) is 12.6. The summed E-state index contributed by atoms with van der Waals surface area (Å²) < 4.78 is 13.6. The highest BCUT2D eigenvalue weighted by Gasteiger charge is 2.31. The Labute approximate surface area is 181 Å². The summed E-state index contributed by atoms with van der Waals surface area (Å²) in [5.74, 6) is 1.70. The summed E-state index contributed by atoms with van der Waals surface area (Å²) in [6.07, 6.45) is 5.67. The normalized spacial score (nSPS) is 21.9. The van der Waals surface area contributed by atoms with Gasteiger partial charge in [0.1, 0.15) is 5.52 Å². The van der Waals surface area contributed by atoms with E-state index in [0.29, 0.717) is 13.1 Å². The molecule has 0 unspecified atom stereocenters. The molecule has 1 aliphatic carbocycles. The fourth-order valence-corrected chi connectivity index (χ4v) is 4.80. The molecule has 2 heterocycles. The lowest BCUT2D eigenvalue weighted by Crippen LogP contribution is -2.42. The van der Waals surface area contributed by atoms with Crippen molar-refractivity contribution in [2.45, 2.75) is 50.7 Å². The first-order valence-corrected chi connectivity index (χ1v) is 11.1. The number of carbonyl (C=O) groups excluding carboxylic acids is 1. The predicted octanol–water partition coefficient (Wildman–Crippen LogP) is 3.68. The fraction of sp³-hybridized carbons (Fsp3) is 0.458. The van der Waals surface area contributed by atoms with Gasteiger partial charge in [-0.3, -0.25) is 4.79 Å². The first kappa shape index (κ1) is 19.8. The van der Waals surface area contributed by atoms with E-state index in [9.17, 15) is 4.79 Å². The van der Waals surface area contributed by atoms with Gasteiger partial charge in [0.2, 0.25) is 5.91 Å². The molecule has 7 nitrogen and oxygen atoms in total. The molecule has 31 heavy (non-hydrogen) atoms. The number of piperidine rings is 1. The number of amides is 1. The Hall–Kier alpha value is -3.09. The number of para-hydroxylation sites is 1. The molecule has 1 aromatic heterocycles. The highest BCUT2D eigenvalue weighted by molar-refractivity contribution is 5.80. The van der Waals surface area contributed by atoms with Crippen LogP contribution in [0.25, 0.3) is 11.0 Å². The van der Waals surface area contributed by atoms with E-state index in [1.54, 1.807) is 7.11 Å². The molecule has 1 saturated heterocycles. The summed E-state index contributed by atoms with van der Waals surface area (Å²) in [5.41, 5.74) is 2.97. The van der Waals surface area contributed by atoms with E-state index in [0.717, 1.165) is 41.8 Å². The third-order valence-electron chi connectivity index (χ3n) is 6.53. The quantitative estimate of drug-likeness (QED) is 0.658. The molecule has 0 radical (unpaired) electrons. The van der Waals surface area contributed by atoms with Gasteiger partial charge in [0.15, 0.2) is 11.5 Å². The Bertz CT molecular complexity index is 1070. The van der Waals surface area contributed by atoms with Crippen LogP contribution in [-0.2, 0) is 11.3 Å². The second kappa shape index (κ2) is 8.57. The minimum atomic E-state index is -0.162. The number of aromatic nitrogens is 3. The monoisotopic (exact) mass is 420 g/mol. The number of carbonyl (C=O) groups is 1. The molecule has 1 amide bonds. The zero-order valence-corrected chi connectivity index (χ0v) is 17.8. The van der Waals surface area contributed by atoms with Crippen molar-refractivity contribution in [2.24, 2.45) is 5.92 Å². The lowest BCUT2D eigenvalue weighted by molar-refractivity contribution is -0.127. The Morgan fingerprint density at radius 1 is 1.13 bits per heavy atom. The number of nitrogens with one attached hydrogen (secondary N) is 1. The van der Waals surface area contributed by atoms with Gasteiger partial charge in [-0.25, -0.2) is 4.68 Å². The van der Waals surface area contributed by atoms with Crippen LogP contribution in [0.3, 0.4) is 0 Å². The highest BCUT2D eigenvalue weighted by Crippen LogP contribution is 2.36. The van der Waals surface area contributed by atoms with Crippen LogP contribution in [0.4, 0.5) is 0 Å². The lowest BCUT2D eigenvalue weighted by Gasteiger charge is -2.30. The maximum absolute atomic E-state index is 12.6. The van der Waals surface area contributed by atoms with E-state index in [-0.39, 0.29) is 23.8 Å². The van der Waals surface area contributed by atoms with E-state index >= 15 is 0 Å². The van der Waals surface area contributed by atoms with Crippen molar-refractivity contribution in [1.82, 2.24) is 20.3 Å². The number of hydrogen-bond donors (Lipinski definition) is 1. The standard InChI is InChI=1S/C24H28N4O3/c1-30-22-11-10-16(13-23(22)31-19-6-2-3-7-19)17-12-18(24(29)25-14-17)15-28-21-9-5-4-8-20(21)26-27-28/h4-5,8-11,13,17-19H,2-3,6-7,12,14-15H2,1H3,(H,25,29)/t17-,18-/m1/s1. The zero-order chi connectivity index (χ0) is 21.2. The minimum Gasteiger partial charge on any atom is -0.493 e. The molecule has 7 heteroatoms. The van der Waals surface area contributed by atoms with Gasteiger partial charge in [-0.2, -0.15) is 0 Å². The number of hydrogen-bond acceptors (Lipinski definition) is 5. The van der Waals surface area contributed by atoms with Crippen molar-refractivity contribution in [3.63, 3.8) is 0 Å². The van der Waals surface area contributed by atoms with E-state index in [1.807, 2.05) is 35.0 Å². The van der Waals surface area contributed by atoms with E-state index in [1.165, 1.54) is 18.4 Å². The van der Waals surface area contributed by atoms with Crippen LogP contribution in [0, 0.1) is 5.92 Å². The summed E-state index contributed by atoms with van der Waals surface area (Å²) in [6, 6.07) is 14.0. The molecule has 1 aliphatic heterocycles. The van der Waals surface area contributed by atoms with E-state index in [2.05, 4.69) is 27.8 Å². The average Bonchev–Trinajstić information content (AvgIpc) is 3.45. The molecule has 5 rings (SSSR count). The van der Waals surface area contributed by atoms with Gasteiger partial charge in [-0.1, -0.05) is 23.4 Å². The van der Waals surface area contributed by atoms with Crippen LogP contribution in [0.1, 0.15) is 43.6 Å². The Kier molecular flexibility index (Phi) is 5.49. The van der Waals surface area contributed by atoms with Gasteiger partial charge in [0, 0.05) is 12.5 Å². The molecule has 162 valence electrons. The van der Waals surface area contributed by atoms with Crippen LogP contribution in [0.15, 0.2) is 42.5 Å². The number of benzene rings is 2. The smallest absolute Gasteiger partial charge is 0.225 e. The number of methoxy groups -OCH3 is 1. The number of nitrogens with zero attached hydrogens (tertiary/aromatic N) is 3. The molecule has 1 saturated carbocycles. The molecule has 1 N–H and O–H groups in total. The zero-order valence-electron chi connectivity index (χ0n) is 17.8. The van der Waals surface area contributed by atoms with Crippen molar-refractivity contribution in [2.75, 3.05) is 13.7 Å². The summed E-state index contributed by atoms with van der Waals surface area (Å²) >= 11 is 0. The molecule has 2 fully saturated rings. The van der Waals surface area contributed by atoms with Crippen molar-refractivity contribution in [1.29, 1.82) is 0 Å².